The van der Waals surface area contributed by atoms with Crippen LogP contribution in [0.25, 0.3) is 0 Å². The first-order valence-electron chi connectivity index (χ1n) is 10.2. The molecule has 0 spiro atoms. The molecule has 0 bridgehead atoms. The Labute approximate surface area is 170 Å². The quantitative estimate of drug-likeness (QED) is 0.398. The second-order valence-electron chi connectivity index (χ2n) is 7.92. The number of hydrogen-bond donors (Lipinski definition) is 1. The van der Waals surface area contributed by atoms with Crippen molar-refractivity contribution in [1.29, 1.82) is 0 Å². The number of methoxy groups -OCH3 is 2. The van der Waals surface area contributed by atoms with E-state index in [2.05, 4.69) is 41.2 Å². The Kier molecular flexibility index (Phi) is 9.06. The molecule has 6 nitrogen and oxygen atoms in total. The molecule has 0 saturated carbocycles. The van der Waals surface area contributed by atoms with Gasteiger partial charge in [-0.15, -0.1) is 0 Å². The third-order valence-electron chi connectivity index (χ3n) is 5.34. The highest BCUT2D eigenvalue weighted by molar-refractivity contribution is 5.80. The van der Waals surface area contributed by atoms with Gasteiger partial charge >= 0.3 is 0 Å². The van der Waals surface area contributed by atoms with Gasteiger partial charge in [-0.2, -0.15) is 0 Å². The van der Waals surface area contributed by atoms with Gasteiger partial charge in [-0.25, -0.2) is 0 Å². The zero-order chi connectivity index (χ0) is 20.4. The predicted molar refractivity (Wildman–Crippen MR) is 114 cm³/mol. The largest absolute Gasteiger partial charge is 0.497 e. The van der Waals surface area contributed by atoms with Crippen LogP contribution in [0.15, 0.2) is 29.3 Å². The summed E-state index contributed by atoms with van der Waals surface area (Å²) in [4.78, 5) is 6.83. The van der Waals surface area contributed by atoms with Crippen molar-refractivity contribution in [3.8, 4) is 5.75 Å². The van der Waals surface area contributed by atoms with Crippen molar-refractivity contribution in [2.45, 2.75) is 44.6 Å². The molecule has 0 radical (unpaired) electrons. The zero-order valence-corrected chi connectivity index (χ0v) is 18.2. The van der Waals surface area contributed by atoms with Crippen molar-refractivity contribution < 1.29 is 14.2 Å². The van der Waals surface area contributed by atoms with E-state index >= 15 is 0 Å². The third-order valence-corrected chi connectivity index (χ3v) is 5.34. The van der Waals surface area contributed by atoms with E-state index in [0.29, 0.717) is 6.10 Å². The summed E-state index contributed by atoms with van der Waals surface area (Å²) < 4.78 is 16.4. The van der Waals surface area contributed by atoms with E-state index in [1.807, 2.05) is 19.2 Å². The van der Waals surface area contributed by atoms with E-state index in [1.165, 1.54) is 5.56 Å². The molecule has 0 unspecified atom stereocenters. The van der Waals surface area contributed by atoms with Gasteiger partial charge in [-0.1, -0.05) is 26.0 Å². The van der Waals surface area contributed by atoms with Crippen molar-refractivity contribution in [1.82, 2.24) is 10.2 Å². The van der Waals surface area contributed by atoms with Gasteiger partial charge in [0.25, 0.3) is 0 Å². The highest BCUT2D eigenvalue weighted by atomic mass is 16.5. The molecule has 1 aromatic carbocycles. The molecule has 1 aromatic rings. The molecular weight excluding hydrogens is 354 g/mol. The SMILES string of the molecule is CN=C(NCC(C)(C)c1cccc(OC)c1)N1CCC(OCCCOC)CC1. The third kappa shape index (κ3) is 6.67. The Bertz CT molecular complexity index is 611. The molecule has 1 aliphatic rings. The van der Waals surface area contributed by atoms with E-state index in [0.717, 1.165) is 63.8 Å². The van der Waals surface area contributed by atoms with Crippen molar-refractivity contribution in [2.75, 3.05) is 54.1 Å². The lowest BCUT2D eigenvalue weighted by Crippen LogP contribution is -2.49. The molecule has 158 valence electrons. The van der Waals surface area contributed by atoms with Gasteiger partial charge in [-0.3, -0.25) is 4.99 Å². The van der Waals surface area contributed by atoms with Crippen LogP contribution in [0, 0.1) is 0 Å². The number of guanidine groups is 1. The standard InChI is InChI=1S/C22H37N3O3/c1-22(2,18-8-6-9-20(16-18)27-5)17-24-21(23-3)25-12-10-19(11-13-25)28-15-7-14-26-4/h6,8-9,16,19H,7,10-15,17H2,1-5H3,(H,23,24). The van der Waals surface area contributed by atoms with Crippen molar-refractivity contribution >= 4 is 5.96 Å². The first-order valence-corrected chi connectivity index (χ1v) is 10.2. The maximum atomic E-state index is 5.96. The van der Waals surface area contributed by atoms with Gasteiger partial charge in [0.1, 0.15) is 5.75 Å². The topological polar surface area (TPSA) is 55.3 Å². The molecule has 0 aromatic heterocycles. The Hall–Kier alpha value is -1.79. The molecule has 1 N–H and O–H groups in total. The van der Waals surface area contributed by atoms with Gasteiger partial charge in [0.05, 0.1) is 13.2 Å². The second kappa shape index (κ2) is 11.3. The fourth-order valence-electron chi connectivity index (χ4n) is 3.47. The summed E-state index contributed by atoms with van der Waals surface area (Å²) in [7, 11) is 5.29. The van der Waals surface area contributed by atoms with E-state index < -0.39 is 0 Å². The van der Waals surface area contributed by atoms with Crippen LogP contribution in [0.2, 0.25) is 0 Å². The van der Waals surface area contributed by atoms with Crippen LogP contribution in [0.3, 0.4) is 0 Å². The Morgan fingerprint density at radius 2 is 1.96 bits per heavy atom. The monoisotopic (exact) mass is 391 g/mol. The van der Waals surface area contributed by atoms with Crippen LogP contribution in [0.5, 0.6) is 5.75 Å². The van der Waals surface area contributed by atoms with Crippen LogP contribution in [0.1, 0.15) is 38.7 Å². The lowest BCUT2D eigenvalue weighted by atomic mass is 9.84. The first kappa shape index (κ1) is 22.5. The van der Waals surface area contributed by atoms with Gasteiger partial charge in [0, 0.05) is 52.4 Å². The number of ether oxygens (including phenoxy) is 3. The molecule has 1 saturated heterocycles. The lowest BCUT2D eigenvalue weighted by Gasteiger charge is -2.35. The van der Waals surface area contributed by atoms with Crippen LogP contribution in [-0.4, -0.2) is 71.1 Å². The minimum atomic E-state index is -0.0345. The maximum Gasteiger partial charge on any atom is 0.193 e. The van der Waals surface area contributed by atoms with Crippen LogP contribution < -0.4 is 10.1 Å². The first-order chi connectivity index (χ1) is 13.5. The predicted octanol–water partition coefficient (Wildman–Crippen LogP) is 3.07. The number of nitrogens with one attached hydrogen (secondary N) is 1. The number of benzene rings is 1. The Balaban J connectivity index is 1.82. The smallest absolute Gasteiger partial charge is 0.193 e. The van der Waals surface area contributed by atoms with Gasteiger partial charge < -0.3 is 24.4 Å². The second-order valence-corrected chi connectivity index (χ2v) is 7.92. The van der Waals surface area contributed by atoms with Gasteiger partial charge in [-0.05, 0) is 37.0 Å². The number of likely N-dealkylation sites (tertiary alicyclic amines) is 1. The summed E-state index contributed by atoms with van der Waals surface area (Å²) in [5.74, 6) is 1.86. The summed E-state index contributed by atoms with van der Waals surface area (Å²) in [6.45, 7) is 8.76. The van der Waals surface area contributed by atoms with Crippen molar-refractivity contribution in [3.63, 3.8) is 0 Å². The molecule has 1 fully saturated rings. The van der Waals surface area contributed by atoms with Crippen LogP contribution >= 0.6 is 0 Å². The fourth-order valence-corrected chi connectivity index (χ4v) is 3.47. The van der Waals surface area contributed by atoms with Crippen LogP contribution in [-0.2, 0) is 14.9 Å². The molecule has 0 atom stereocenters. The molecule has 0 amide bonds. The van der Waals surface area contributed by atoms with Gasteiger partial charge in [0.15, 0.2) is 5.96 Å². The summed E-state index contributed by atoms with van der Waals surface area (Å²) in [6.07, 6.45) is 3.37. The highest BCUT2D eigenvalue weighted by Crippen LogP contribution is 2.26. The maximum absolute atomic E-state index is 5.96. The average molecular weight is 392 g/mol. The summed E-state index contributed by atoms with van der Waals surface area (Å²) in [5.41, 5.74) is 1.21. The van der Waals surface area contributed by atoms with Crippen LogP contribution in [0.4, 0.5) is 0 Å². The van der Waals surface area contributed by atoms with E-state index in [4.69, 9.17) is 14.2 Å². The number of rotatable bonds is 9. The van der Waals surface area contributed by atoms with E-state index in [-0.39, 0.29) is 5.41 Å². The Morgan fingerprint density at radius 1 is 1.21 bits per heavy atom. The fraction of sp³-hybridized carbons (Fsp3) is 0.682. The lowest BCUT2D eigenvalue weighted by molar-refractivity contribution is 0.00987. The normalized spacial score (nSPS) is 16.3. The van der Waals surface area contributed by atoms with Crippen molar-refractivity contribution in [2.24, 2.45) is 4.99 Å². The molecule has 2 rings (SSSR count). The number of nitrogens with zero attached hydrogens (tertiary/aromatic N) is 2. The number of hydrogen-bond acceptors (Lipinski definition) is 4. The van der Waals surface area contributed by atoms with E-state index in [1.54, 1.807) is 14.2 Å². The highest BCUT2D eigenvalue weighted by Gasteiger charge is 2.25. The summed E-state index contributed by atoms with van der Waals surface area (Å²) >= 11 is 0. The Morgan fingerprint density at radius 3 is 2.61 bits per heavy atom. The molecule has 0 aliphatic carbocycles. The summed E-state index contributed by atoms with van der Waals surface area (Å²) in [5, 5.41) is 3.57. The van der Waals surface area contributed by atoms with Gasteiger partial charge in [0.2, 0.25) is 0 Å². The summed E-state index contributed by atoms with van der Waals surface area (Å²) in [6, 6.07) is 8.28. The number of aliphatic imine (C=N–C) groups is 1. The van der Waals surface area contributed by atoms with E-state index in [9.17, 15) is 0 Å². The average Bonchev–Trinajstić information content (AvgIpc) is 2.72. The minimum absolute atomic E-state index is 0.0345. The van der Waals surface area contributed by atoms with Crippen molar-refractivity contribution in [3.05, 3.63) is 29.8 Å². The minimum Gasteiger partial charge on any atom is -0.497 e. The molecular formula is C22H37N3O3. The molecule has 28 heavy (non-hydrogen) atoms. The zero-order valence-electron chi connectivity index (χ0n) is 18.2. The molecule has 6 heteroatoms. The number of piperidine rings is 1. The molecule has 1 heterocycles. The molecule has 1 aliphatic heterocycles.